The van der Waals surface area contributed by atoms with Crippen LogP contribution in [0, 0.1) is 0 Å². The van der Waals surface area contributed by atoms with Crippen molar-refractivity contribution in [3.63, 3.8) is 0 Å². The minimum absolute atomic E-state index is 0.123. The molecule has 0 bridgehead atoms. The number of carbonyl (C=O) groups is 1. The largest absolute Gasteiger partial charge is 0.493 e. The molecule has 3 aromatic rings. The third-order valence-corrected chi connectivity index (χ3v) is 5.73. The molecule has 0 aliphatic heterocycles. The van der Waals surface area contributed by atoms with Crippen LogP contribution in [0.25, 0.3) is 0 Å². The number of hydrogen-bond acceptors (Lipinski definition) is 5. The van der Waals surface area contributed by atoms with Gasteiger partial charge in [0.05, 0.1) is 27.4 Å². The number of ether oxygens (including phenoxy) is 3. The van der Waals surface area contributed by atoms with Gasteiger partial charge in [0, 0.05) is 31.9 Å². The molecular formula is C27H32N2O4. The van der Waals surface area contributed by atoms with Crippen molar-refractivity contribution in [3.8, 4) is 17.2 Å². The molecule has 0 saturated heterocycles. The lowest BCUT2D eigenvalue weighted by atomic mass is 10.0. The van der Waals surface area contributed by atoms with Gasteiger partial charge < -0.3 is 24.0 Å². The van der Waals surface area contributed by atoms with Gasteiger partial charge in [-0.3, -0.25) is 4.79 Å². The lowest BCUT2D eigenvalue weighted by molar-refractivity contribution is 0.0673. The van der Waals surface area contributed by atoms with Crippen molar-refractivity contribution in [2.24, 2.45) is 0 Å². The molecular weight excluding hydrogens is 416 g/mol. The maximum atomic E-state index is 13.8. The second-order valence-electron chi connectivity index (χ2n) is 7.99. The van der Waals surface area contributed by atoms with Crippen LogP contribution in [0.2, 0.25) is 0 Å². The third-order valence-electron chi connectivity index (χ3n) is 5.73. The Kier molecular flexibility index (Phi) is 7.83. The zero-order valence-corrected chi connectivity index (χ0v) is 20.2. The van der Waals surface area contributed by atoms with Crippen LogP contribution in [0.4, 0.5) is 5.69 Å². The zero-order valence-electron chi connectivity index (χ0n) is 20.2. The van der Waals surface area contributed by atoms with E-state index in [4.69, 9.17) is 14.2 Å². The summed E-state index contributed by atoms with van der Waals surface area (Å²) in [5.74, 6) is 1.23. The molecule has 0 aliphatic rings. The smallest absolute Gasteiger partial charge is 0.254 e. The van der Waals surface area contributed by atoms with Crippen molar-refractivity contribution < 1.29 is 19.0 Å². The fraction of sp³-hybridized carbons (Fsp3) is 0.296. The monoisotopic (exact) mass is 448 g/mol. The maximum Gasteiger partial charge on any atom is 0.254 e. The number of hydrogen-bond donors (Lipinski definition) is 0. The fourth-order valence-corrected chi connectivity index (χ4v) is 3.76. The van der Waals surface area contributed by atoms with Crippen LogP contribution >= 0.6 is 0 Å². The number of benzene rings is 3. The second-order valence-corrected chi connectivity index (χ2v) is 7.99. The Morgan fingerprint density at radius 3 is 1.91 bits per heavy atom. The SMILES string of the molecule is COc1cc(C(=O)N(Cc2ccc(N(C)C)cc2)C(C)c2ccccc2)cc(OC)c1OC. The molecule has 1 unspecified atom stereocenters. The number of nitrogens with zero attached hydrogens (tertiary/aromatic N) is 2. The molecule has 0 radical (unpaired) electrons. The maximum absolute atomic E-state index is 13.8. The standard InChI is InChI=1S/C27H32N2O4/c1-19(21-10-8-7-9-11-21)29(18-20-12-14-23(15-13-20)28(2)3)27(30)22-16-24(31-4)26(33-6)25(17-22)32-5/h7-17,19H,18H2,1-6H3. The quantitative estimate of drug-likeness (QED) is 0.451. The van der Waals surface area contributed by atoms with Gasteiger partial charge in [-0.1, -0.05) is 42.5 Å². The summed E-state index contributed by atoms with van der Waals surface area (Å²) < 4.78 is 16.4. The summed E-state index contributed by atoms with van der Waals surface area (Å²) in [5, 5.41) is 0. The summed E-state index contributed by atoms with van der Waals surface area (Å²) in [6, 6.07) is 21.5. The summed E-state index contributed by atoms with van der Waals surface area (Å²) in [6.45, 7) is 2.50. The van der Waals surface area contributed by atoms with Gasteiger partial charge in [0.1, 0.15) is 0 Å². The Labute approximate surface area is 196 Å². The number of rotatable bonds is 9. The molecule has 6 nitrogen and oxygen atoms in total. The second kappa shape index (κ2) is 10.8. The molecule has 1 amide bonds. The van der Waals surface area contributed by atoms with E-state index in [1.807, 2.05) is 56.3 Å². The third kappa shape index (κ3) is 5.40. The zero-order chi connectivity index (χ0) is 24.0. The number of anilines is 1. The van der Waals surface area contributed by atoms with Gasteiger partial charge in [-0.05, 0) is 42.3 Å². The lowest BCUT2D eigenvalue weighted by Gasteiger charge is -2.30. The molecule has 6 heteroatoms. The van der Waals surface area contributed by atoms with Gasteiger partial charge in [0.25, 0.3) is 5.91 Å². The van der Waals surface area contributed by atoms with Crippen molar-refractivity contribution >= 4 is 11.6 Å². The van der Waals surface area contributed by atoms with Gasteiger partial charge >= 0.3 is 0 Å². The highest BCUT2D eigenvalue weighted by molar-refractivity contribution is 5.96. The van der Waals surface area contributed by atoms with Crippen LogP contribution < -0.4 is 19.1 Å². The molecule has 3 aromatic carbocycles. The summed E-state index contributed by atoms with van der Waals surface area (Å²) >= 11 is 0. The van der Waals surface area contributed by atoms with E-state index >= 15 is 0 Å². The summed E-state index contributed by atoms with van der Waals surface area (Å²) in [4.78, 5) is 17.8. The van der Waals surface area contributed by atoms with Gasteiger partial charge in [-0.2, -0.15) is 0 Å². The Bertz CT molecular complexity index is 1040. The average molecular weight is 449 g/mol. The van der Waals surface area contributed by atoms with Crippen LogP contribution in [-0.4, -0.2) is 46.2 Å². The van der Waals surface area contributed by atoms with Crippen molar-refractivity contribution in [3.05, 3.63) is 83.4 Å². The van der Waals surface area contributed by atoms with E-state index in [9.17, 15) is 4.79 Å². The molecule has 3 rings (SSSR count). The van der Waals surface area contributed by atoms with E-state index in [2.05, 4.69) is 29.2 Å². The van der Waals surface area contributed by atoms with Crippen molar-refractivity contribution in [1.29, 1.82) is 0 Å². The van der Waals surface area contributed by atoms with Crippen molar-refractivity contribution in [2.45, 2.75) is 19.5 Å². The highest BCUT2D eigenvalue weighted by Crippen LogP contribution is 2.39. The molecule has 0 spiro atoms. The molecule has 0 aliphatic carbocycles. The van der Waals surface area contributed by atoms with Gasteiger partial charge in [0.15, 0.2) is 11.5 Å². The first-order chi connectivity index (χ1) is 15.9. The van der Waals surface area contributed by atoms with E-state index < -0.39 is 0 Å². The summed E-state index contributed by atoms with van der Waals surface area (Å²) in [7, 11) is 8.65. The summed E-state index contributed by atoms with van der Waals surface area (Å²) in [5.41, 5.74) is 3.68. The van der Waals surface area contributed by atoms with E-state index in [1.165, 1.54) is 0 Å². The van der Waals surface area contributed by atoms with Crippen LogP contribution in [0.5, 0.6) is 17.2 Å². The van der Waals surface area contributed by atoms with E-state index in [1.54, 1.807) is 33.5 Å². The predicted octanol–water partition coefficient (Wildman–Crippen LogP) is 5.18. The Hall–Kier alpha value is -3.67. The summed E-state index contributed by atoms with van der Waals surface area (Å²) in [6.07, 6.45) is 0. The number of amides is 1. The van der Waals surface area contributed by atoms with Crippen LogP contribution in [-0.2, 0) is 6.54 Å². The minimum Gasteiger partial charge on any atom is -0.493 e. The highest BCUT2D eigenvalue weighted by atomic mass is 16.5. The highest BCUT2D eigenvalue weighted by Gasteiger charge is 2.26. The van der Waals surface area contributed by atoms with E-state index in [0.717, 1.165) is 16.8 Å². The van der Waals surface area contributed by atoms with Crippen molar-refractivity contribution in [2.75, 3.05) is 40.3 Å². The molecule has 0 heterocycles. The molecule has 33 heavy (non-hydrogen) atoms. The molecule has 174 valence electrons. The number of methoxy groups -OCH3 is 3. The molecule has 1 atom stereocenters. The predicted molar refractivity (Wildman–Crippen MR) is 132 cm³/mol. The van der Waals surface area contributed by atoms with Crippen LogP contribution in [0.1, 0.15) is 34.5 Å². The fourth-order valence-electron chi connectivity index (χ4n) is 3.76. The first-order valence-electron chi connectivity index (χ1n) is 10.8. The molecule has 0 saturated carbocycles. The Balaban J connectivity index is 2.02. The van der Waals surface area contributed by atoms with Crippen LogP contribution in [0.15, 0.2) is 66.7 Å². The number of carbonyl (C=O) groups excluding carboxylic acids is 1. The Morgan fingerprint density at radius 1 is 0.848 bits per heavy atom. The first-order valence-corrected chi connectivity index (χ1v) is 10.8. The van der Waals surface area contributed by atoms with Gasteiger partial charge in [-0.15, -0.1) is 0 Å². The normalized spacial score (nSPS) is 11.5. The van der Waals surface area contributed by atoms with Gasteiger partial charge in [0.2, 0.25) is 5.75 Å². The topological polar surface area (TPSA) is 51.2 Å². The van der Waals surface area contributed by atoms with E-state index in [0.29, 0.717) is 29.4 Å². The lowest BCUT2D eigenvalue weighted by Crippen LogP contribution is -2.33. The van der Waals surface area contributed by atoms with Crippen LogP contribution in [0.3, 0.4) is 0 Å². The Morgan fingerprint density at radius 2 is 1.42 bits per heavy atom. The van der Waals surface area contributed by atoms with Crippen molar-refractivity contribution in [1.82, 2.24) is 4.90 Å². The minimum atomic E-state index is -0.147. The molecule has 0 aromatic heterocycles. The molecule has 0 N–H and O–H groups in total. The average Bonchev–Trinajstić information content (AvgIpc) is 2.86. The van der Waals surface area contributed by atoms with E-state index in [-0.39, 0.29) is 11.9 Å². The molecule has 0 fully saturated rings. The first kappa shape index (κ1) is 24.0. The van der Waals surface area contributed by atoms with Gasteiger partial charge in [-0.25, -0.2) is 0 Å².